The molecule has 0 N–H and O–H groups in total. The van der Waals surface area contributed by atoms with Gasteiger partial charge in [0.25, 0.3) is 0 Å². The van der Waals surface area contributed by atoms with Gasteiger partial charge in [-0.1, -0.05) is 67.9 Å². The SMILES string of the molecule is COC(=O)C1(CC(C)C)N=CN(CCc2ccccc2)C1C1CCC(C(c2ccc(Cl)cc2)N(C)C)CC1. The molecule has 0 bridgehead atoms. The van der Waals surface area contributed by atoms with E-state index >= 15 is 0 Å². The Morgan fingerprint density at radius 2 is 1.74 bits per heavy atom. The first-order valence-corrected chi connectivity index (χ1v) is 14.5. The average molecular weight is 538 g/mol. The third kappa shape index (κ3) is 6.26. The van der Waals surface area contributed by atoms with E-state index in [-0.39, 0.29) is 12.0 Å². The molecule has 6 heteroatoms. The van der Waals surface area contributed by atoms with Gasteiger partial charge in [0.05, 0.1) is 19.5 Å². The number of hydrogen-bond acceptors (Lipinski definition) is 5. The number of nitrogens with zero attached hydrogens (tertiary/aromatic N) is 3. The third-order valence-electron chi connectivity index (χ3n) is 8.52. The Hall–Kier alpha value is -2.37. The number of aliphatic imine (C=N–C) groups is 1. The second-order valence-electron chi connectivity index (χ2n) is 11.8. The minimum absolute atomic E-state index is 0.0235. The standard InChI is InChI=1S/C32H44ClN3O2/c1-23(2)21-32(31(37)38-5)30(36(22-34-32)20-19-24-9-7-6-8-10-24)27-13-11-25(12-14-27)29(35(3)4)26-15-17-28(33)18-16-26/h6-10,15-18,22-23,25,27,29-30H,11-14,19-21H2,1-5H3. The zero-order valence-electron chi connectivity index (χ0n) is 23.6. The van der Waals surface area contributed by atoms with Gasteiger partial charge in [0.1, 0.15) is 0 Å². The molecule has 0 radical (unpaired) electrons. The molecule has 4 rings (SSSR count). The molecule has 0 spiro atoms. The predicted octanol–water partition coefficient (Wildman–Crippen LogP) is 6.66. The lowest BCUT2D eigenvalue weighted by Crippen LogP contribution is -2.57. The third-order valence-corrected chi connectivity index (χ3v) is 8.77. The van der Waals surface area contributed by atoms with Crippen molar-refractivity contribution in [3.05, 3.63) is 70.7 Å². The summed E-state index contributed by atoms with van der Waals surface area (Å²) in [7, 11) is 5.85. The molecule has 206 valence electrons. The van der Waals surface area contributed by atoms with Crippen LogP contribution < -0.4 is 0 Å². The lowest BCUT2D eigenvalue weighted by atomic mass is 9.68. The Balaban J connectivity index is 1.56. The topological polar surface area (TPSA) is 45.1 Å². The zero-order chi connectivity index (χ0) is 27.3. The number of benzene rings is 2. The molecule has 1 fully saturated rings. The molecule has 1 aliphatic carbocycles. The van der Waals surface area contributed by atoms with E-state index in [9.17, 15) is 4.79 Å². The highest BCUT2D eigenvalue weighted by Crippen LogP contribution is 2.46. The number of methoxy groups -OCH3 is 1. The highest BCUT2D eigenvalue weighted by atomic mass is 35.5. The van der Waals surface area contributed by atoms with Crippen molar-refractivity contribution in [2.45, 2.75) is 70.0 Å². The van der Waals surface area contributed by atoms with Crippen LogP contribution in [-0.4, -0.2) is 61.4 Å². The summed E-state index contributed by atoms with van der Waals surface area (Å²) < 4.78 is 5.43. The molecule has 1 aliphatic heterocycles. The van der Waals surface area contributed by atoms with Crippen molar-refractivity contribution < 1.29 is 9.53 Å². The Morgan fingerprint density at radius 1 is 1.08 bits per heavy atom. The van der Waals surface area contributed by atoms with E-state index in [0.717, 1.165) is 43.7 Å². The van der Waals surface area contributed by atoms with E-state index in [2.05, 4.69) is 80.2 Å². The number of rotatable bonds is 10. The lowest BCUT2D eigenvalue weighted by Gasteiger charge is -2.45. The summed E-state index contributed by atoms with van der Waals surface area (Å²) in [5.74, 6) is 1.09. The highest BCUT2D eigenvalue weighted by Gasteiger charge is 2.55. The van der Waals surface area contributed by atoms with Crippen LogP contribution in [0.3, 0.4) is 0 Å². The number of carbonyl (C=O) groups excluding carboxylic acids is 1. The normalized spacial score (nSPS) is 26.2. The minimum Gasteiger partial charge on any atom is -0.467 e. The molecule has 0 amide bonds. The van der Waals surface area contributed by atoms with E-state index in [1.165, 1.54) is 18.2 Å². The molecule has 2 aromatic carbocycles. The van der Waals surface area contributed by atoms with Crippen molar-refractivity contribution in [3.63, 3.8) is 0 Å². The molecule has 5 nitrogen and oxygen atoms in total. The fraction of sp³-hybridized carbons (Fsp3) is 0.562. The molecule has 2 aliphatic rings. The molecule has 0 saturated heterocycles. The van der Waals surface area contributed by atoms with Crippen LogP contribution in [0.15, 0.2) is 59.6 Å². The summed E-state index contributed by atoms with van der Waals surface area (Å²) >= 11 is 6.18. The number of ether oxygens (including phenoxy) is 1. The van der Waals surface area contributed by atoms with Crippen LogP contribution in [0.1, 0.15) is 63.1 Å². The summed E-state index contributed by atoms with van der Waals surface area (Å²) in [6.07, 6.45) is 7.99. The van der Waals surface area contributed by atoms with E-state index < -0.39 is 5.54 Å². The molecule has 0 aromatic heterocycles. The van der Waals surface area contributed by atoms with E-state index in [1.807, 2.05) is 18.5 Å². The molecule has 3 unspecified atom stereocenters. The van der Waals surface area contributed by atoms with Crippen molar-refractivity contribution in [2.75, 3.05) is 27.7 Å². The molecule has 38 heavy (non-hydrogen) atoms. The summed E-state index contributed by atoms with van der Waals surface area (Å²) in [4.78, 5) is 23.1. The first-order valence-electron chi connectivity index (χ1n) is 14.1. The van der Waals surface area contributed by atoms with E-state index in [1.54, 1.807) is 0 Å². The van der Waals surface area contributed by atoms with Gasteiger partial charge in [-0.25, -0.2) is 4.79 Å². The quantitative estimate of drug-likeness (QED) is 0.318. The van der Waals surface area contributed by atoms with Crippen molar-refractivity contribution >= 4 is 23.9 Å². The Morgan fingerprint density at radius 3 is 2.32 bits per heavy atom. The van der Waals surface area contributed by atoms with Gasteiger partial charge in [-0.15, -0.1) is 0 Å². The van der Waals surface area contributed by atoms with Crippen LogP contribution in [0.25, 0.3) is 0 Å². The first-order chi connectivity index (χ1) is 18.2. The summed E-state index contributed by atoms with van der Waals surface area (Å²) in [5.41, 5.74) is 1.79. The van der Waals surface area contributed by atoms with Gasteiger partial charge < -0.3 is 14.5 Å². The molecule has 2 aromatic rings. The smallest absolute Gasteiger partial charge is 0.335 e. The first kappa shape index (κ1) is 28.6. The zero-order valence-corrected chi connectivity index (χ0v) is 24.4. The fourth-order valence-corrected chi connectivity index (χ4v) is 7.14. The van der Waals surface area contributed by atoms with Crippen LogP contribution in [0.2, 0.25) is 5.02 Å². The predicted molar refractivity (Wildman–Crippen MR) is 157 cm³/mol. The van der Waals surface area contributed by atoms with Crippen molar-refractivity contribution in [1.29, 1.82) is 0 Å². The summed E-state index contributed by atoms with van der Waals surface area (Å²) in [6, 6.07) is 19.3. The van der Waals surface area contributed by atoms with Gasteiger partial charge in [-0.05, 0) is 93.6 Å². The van der Waals surface area contributed by atoms with Gasteiger partial charge in [0.15, 0.2) is 5.54 Å². The van der Waals surface area contributed by atoms with Crippen LogP contribution in [0, 0.1) is 17.8 Å². The van der Waals surface area contributed by atoms with Gasteiger partial charge in [0.2, 0.25) is 0 Å². The van der Waals surface area contributed by atoms with Crippen molar-refractivity contribution in [1.82, 2.24) is 9.80 Å². The monoisotopic (exact) mass is 537 g/mol. The van der Waals surface area contributed by atoms with Crippen LogP contribution in [-0.2, 0) is 16.0 Å². The maximum atomic E-state index is 13.4. The Bertz CT molecular complexity index is 1060. The average Bonchev–Trinajstić information content (AvgIpc) is 3.27. The molecule has 1 heterocycles. The maximum absolute atomic E-state index is 13.4. The highest BCUT2D eigenvalue weighted by molar-refractivity contribution is 6.30. The summed E-state index contributed by atoms with van der Waals surface area (Å²) in [6.45, 7) is 5.20. The fourth-order valence-electron chi connectivity index (χ4n) is 7.02. The Labute approximate surface area is 234 Å². The van der Waals surface area contributed by atoms with E-state index in [4.69, 9.17) is 21.3 Å². The molecule has 3 atom stereocenters. The minimum atomic E-state index is -0.839. The number of hydrogen-bond donors (Lipinski definition) is 0. The van der Waals surface area contributed by atoms with Crippen LogP contribution >= 0.6 is 11.6 Å². The maximum Gasteiger partial charge on any atom is 0.335 e. The van der Waals surface area contributed by atoms with Gasteiger partial charge >= 0.3 is 5.97 Å². The molecular weight excluding hydrogens is 494 g/mol. The van der Waals surface area contributed by atoms with Crippen LogP contribution in [0.4, 0.5) is 0 Å². The number of halogens is 1. The van der Waals surface area contributed by atoms with Gasteiger partial charge in [0, 0.05) is 17.6 Å². The second kappa shape index (κ2) is 12.7. The van der Waals surface area contributed by atoms with E-state index in [0.29, 0.717) is 30.2 Å². The van der Waals surface area contributed by atoms with Crippen molar-refractivity contribution in [3.8, 4) is 0 Å². The van der Waals surface area contributed by atoms with Gasteiger partial charge in [-0.2, -0.15) is 0 Å². The second-order valence-corrected chi connectivity index (χ2v) is 12.2. The Kier molecular flexibility index (Phi) is 9.54. The van der Waals surface area contributed by atoms with Gasteiger partial charge in [-0.3, -0.25) is 4.99 Å². The largest absolute Gasteiger partial charge is 0.467 e. The molecular formula is C32H44ClN3O2. The van der Waals surface area contributed by atoms with Crippen LogP contribution in [0.5, 0.6) is 0 Å². The summed E-state index contributed by atoms with van der Waals surface area (Å²) in [5, 5.41) is 0.774. The number of esters is 1. The molecule has 1 saturated carbocycles. The number of carbonyl (C=O) groups is 1. The van der Waals surface area contributed by atoms with Crippen molar-refractivity contribution in [2.24, 2.45) is 22.7 Å². The lowest BCUT2D eigenvalue weighted by molar-refractivity contribution is -0.150.